The van der Waals surface area contributed by atoms with Crippen molar-refractivity contribution in [1.82, 2.24) is 14.9 Å². The molecular weight excluding hydrogens is 290 g/mol. The maximum absolute atomic E-state index is 12.1. The Bertz CT molecular complexity index is 650. The lowest BCUT2D eigenvalue weighted by Crippen LogP contribution is -2.33. The highest BCUT2D eigenvalue weighted by molar-refractivity contribution is 6.20. The zero-order valence-corrected chi connectivity index (χ0v) is 13.4. The van der Waals surface area contributed by atoms with Gasteiger partial charge in [0.1, 0.15) is 18.1 Å². The molecule has 1 aromatic heterocycles. The van der Waals surface area contributed by atoms with E-state index in [1.807, 2.05) is 43.5 Å². The van der Waals surface area contributed by atoms with Crippen molar-refractivity contribution in [3.05, 3.63) is 24.0 Å². The summed E-state index contributed by atoms with van der Waals surface area (Å²) in [5, 5.41) is 2.60. The lowest BCUT2D eigenvalue weighted by Gasteiger charge is -2.13. The molecule has 1 unspecified atom stereocenters. The number of hydrogen-bond acceptors (Lipinski definition) is 3. The van der Waals surface area contributed by atoms with E-state index >= 15 is 0 Å². The van der Waals surface area contributed by atoms with Gasteiger partial charge in [0.15, 0.2) is 0 Å². The van der Waals surface area contributed by atoms with Gasteiger partial charge in [-0.25, -0.2) is 4.98 Å². The lowest BCUT2D eigenvalue weighted by atomic mass is 10.3. The van der Waals surface area contributed by atoms with Crippen LogP contribution in [-0.4, -0.2) is 28.6 Å². The highest BCUT2D eigenvalue weighted by Gasteiger charge is 2.18. The van der Waals surface area contributed by atoms with Crippen molar-refractivity contribution in [2.45, 2.75) is 38.7 Å². The van der Waals surface area contributed by atoms with E-state index in [1.165, 1.54) is 0 Å². The SMILES string of the molecule is COc1ccc2nc(C(C)Cl)n(CC(=O)NC(C)C)c2c1. The molecule has 0 saturated carbocycles. The van der Waals surface area contributed by atoms with Crippen LogP contribution >= 0.6 is 11.6 Å². The summed E-state index contributed by atoms with van der Waals surface area (Å²) in [5.41, 5.74) is 1.64. The van der Waals surface area contributed by atoms with Crippen LogP contribution in [0.3, 0.4) is 0 Å². The molecule has 114 valence electrons. The zero-order valence-electron chi connectivity index (χ0n) is 12.7. The summed E-state index contributed by atoms with van der Waals surface area (Å²) < 4.78 is 7.08. The maximum Gasteiger partial charge on any atom is 0.240 e. The van der Waals surface area contributed by atoms with Crippen molar-refractivity contribution >= 4 is 28.5 Å². The first-order valence-electron chi connectivity index (χ1n) is 6.90. The number of methoxy groups -OCH3 is 1. The van der Waals surface area contributed by atoms with Crippen LogP contribution in [0.5, 0.6) is 5.75 Å². The van der Waals surface area contributed by atoms with Gasteiger partial charge in [0, 0.05) is 12.1 Å². The Morgan fingerprint density at radius 2 is 2.14 bits per heavy atom. The van der Waals surface area contributed by atoms with Gasteiger partial charge >= 0.3 is 0 Å². The minimum atomic E-state index is -0.282. The van der Waals surface area contributed by atoms with Gasteiger partial charge in [0.05, 0.1) is 23.5 Å². The summed E-state index contributed by atoms with van der Waals surface area (Å²) >= 11 is 6.20. The number of aromatic nitrogens is 2. The first-order valence-corrected chi connectivity index (χ1v) is 7.33. The number of hydrogen-bond donors (Lipinski definition) is 1. The topological polar surface area (TPSA) is 56.2 Å². The van der Waals surface area contributed by atoms with Gasteiger partial charge in [-0.3, -0.25) is 4.79 Å². The fourth-order valence-electron chi connectivity index (χ4n) is 2.23. The predicted octanol–water partition coefficient (Wildman–Crippen LogP) is 2.87. The smallest absolute Gasteiger partial charge is 0.240 e. The largest absolute Gasteiger partial charge is 0.497 e. The van der Waals surface area contributed by atoms with E-state index in [9.17, 15) is 4.79 Å². The third-order valence-corrected chi connectivity index (χ3v) is 3.29. The average Bonchev–Trinajstić information content (AvgIpc) is 2.76. The second-order valence-corrected chi connectivity index (χ2v) is 5.90. The Labute approximate surface area is 129 Å². The summed E-state index contributed by atoms with van der Waals surface area (Å²) in [4.78, 5) is 16.6. The van der Waals surface area contributed by atoms with Crippen LogP contribution in [-0.2, 0) is 11.3 Å². The molecule has 21 heavy (non-hydrogen) atoms. The van der Waals surface area contributed by atoms with Gasteiger partial charge < -0.3 is 14.6 Å². The Kier molecular flexibility index (Phi) is 4.73. The molecule has 6 heteroatoms. The Morgan fingerprint density at radius 3 is 2.71 bits per heavy atom. The first kappa shape index (κ1) is 15.6. The number of carbonyl (C=O) groups excluding carboxylic acids is 1. The number of nitrogens with zero attached hydrogens (tertiary/aromatic N) is 2. The third-order valence-electron chi connectivity index (χ3n) is 3.09. The molecule has 1 heterocycles. The summed E-state index contributed by atoms with van der Waals surface area (Å²) in [5.74, 6) is 1.34. The minimum absolute atomic E-state index is 0.0642. The predicted molar refractivity (Wildman–Crippen MR) is 83.8 cm³/mol. The second-order valence-electron chi connectivity index (χ2n) is 5.25. The molecule has 1 N–H and O–H groups in total. The summed E-state index contributed by atoms with van der Waals surface area (Å²) in [6.45, 7) is 5.89. The van der Waals surface area contributed by atoms with E-state index in [0.29, 0.717) is 5.82 Å². The maximum atomic E-state index is 12.1. The van der Waals surface area contributed by atoms with Crippen LogP contribution in [0, 0.1) is 0 Å². The van der Waals surface area contributed by atoms with Gasteiger partial charge in [-0.2, -0.15) is 0 Å². The molecule has 1 atom stereocenters. The highest BCUT2D eigenvalue weighted by Crippen LogP contribution is 2.27. The fraction of sp³-hybridized carbons (Fsp3) is 0.467. The monoisotopic (exact) mass is 309 g/mol. The normalized spacial score (nSPS) is 12.7. The minimum Gasteiger partial charge on any atom is -0.497 e. The molecule has 2 rings (SSSR count). The number of amides is 1. The van der Waals surface area contributed by atoms with Crippen molar-refractivity contribution in [3.8, 4) is 5.75 Å². The molecule has 5 nitrogen and oxygen atoms in total. The number of rotatable bonds is 5. The number of ether oxygens (including phenoxy) is 1. The molecule has 2 aromatic rings. The van der Waals surface area contributed by atoms with E-state index in [1.54, 1.807) is 7.11 Å². The number of nitrogens with one attached hydrogen (secondary N) is 1. The summed E-state index contributed by atoms with van der Waals surface area (Å²) in [7, 11) is 1.61. The van der Waals surface area contributed by atoms with Crippen molar-refractivity contribution in [2.75, 3.05) is 7.11 Å². The molecular formula is C15H20ClN3O2. The Balaban J connectivity index is 2.46. The number of halogens is 1. The lowest BCUT2D eigenvalue weighted by molar-refractivity contribution is -0.122. The average molecular weight is 310 g/mol. The van der Waals surface area contributed by atoms with Crippen LogP contribution < -0.4 is 10.1 Å². The standard InChI is InChI=1S/C15H20ClN3O2/c1-9(2)17-14(20)8-19-13-7-11(21-4)5-6-12(13)18-15(19)10(3)16/h5-7,9-10H,8H2,1-4H3,(H,17,20). The van der Waals surface area contributed by atoms with Crippen molar-refractivity contribution in [2.24, 2.45) is 0 Å². The van der Waals surface area contributed by atoms with E-state index in [4.69, 9.17) is 16.3 Å². The number of imidazole rings is 1. The van der Waals surface area contributed by atoms with Crippen LogP contribution in [0.25, 0.3) is 11.0 Å². The highest BCUT2D eigenvalue weighted by atomic mass is 35.5. The molecule has 1 aromatic carbocycles. The van der Waals surface area contributed by atoms with E-state index in [2.05, 4.69) is 10.3 Å². The molecule has 0 aliphatic heterocycles. The van der Waals surface area contributed by atoms with Crippen LogP contribution in [0.4, 0.5) is 0 Å². The van der Waals surface area contributed by atoms with Crippen LogP contribution in [0.15, 0.2) is 18.2 Å². The summed E-state index contributed by atoms with van der Waals surface area (Å²) in [6.07, 6.45) is 0. The molecule has 1 amide bonds. The Morgan fingerprint density at radius 1 is 1.43 bits per heavy atom. The third kappa shape index (κ3) is 3.47. The van der Waals surface area contributed by atoms with Gasteiger partial charge in [-0.05, 0) is 32.9 Å². The molecule has 0 spiro atoms. The molecule has 0 saturated heterocycles. The number of benzene rings is 1. The molecule has 0 aliphatic rings. The zero-order chi connectivity index (χ0) is 15.6. The second kappa shape index (κ2) is 6.35. The van der Waals surface area contributed by atoms with E-state index in [0.717, 1.165) is 16.8 Å². The quantitative estimate of drug-likeness (QED) is 0.864. The number of alkyl halides is 1. The van der Waals surface area contributed by atoms with Crippen molar-refractivity contribution in [1.29, 1.82) is 0 Å². The molecule has 0 bridgehead atoms. The first-order chi connectivity index (χ1) is 9.92. The van der Waals surface area contributed by atoms with Crippen LogP contribution in [0.2, 0.25) is 0 Å². The Hall–Kier alpha value is -1.75. The van der Waals surface area contributed by atoms with Crippen molar-refractivity contribution < 1.29 is 9.53 Å². The van der Waals surface area contributed by atoms with Crippen LogP contribution in [0.1, 0.15) is 32.0 Å². The van der Waals surface area contributed by atoms with Crippen molar-refractivity contribution in [3.63, 3.8) is 0 Å². The van der Waals surface area contributed by atoms with E-state index in [-0.39, 0.29) is 23.9 Å². The number of carbonyl (C=O) groups is 1. The van der Waals surface area contributed by atoms with E-state index < -0.39 is 0 Å². The fourth-order valence-corrected chi connectivity index (χ4v) is 2.40. The summed E-state index contributed by atoms with van der Waals surface area (Å²) in [6, 6.07) is 5.68. The molecule has 0 aliphatic carbocycles. The molecule has 0 radical (unpaired) electrons. The van der Waals surface area contributed by atoms with Gasteiger partial charge in [0.2, 0.25) is 5.91 Å². The van der Waals surface area contributed by atoms with Gasteiger partial charge in [0.25, 0.3) is 0 Å². The molecule has 0 fully saturated rings. The number of fused-ring (bicyclic) bond motifs is 1. The van der Waals surface area contributed by atoms with Gasteiger partial charge in [-0.15, -0.1) is 11.6 Å². The van der Waals surface area contributed by atoms with Gasteiger partial charge in [-0.1, -0.05) is 0 Å².